The standard InChI is InChI=1S/C18H21N3O5/c1-3-8-26-15-5-4-12(9-16(15)25-2)13(10-17(22)23)21-18(24)14-11-19-6-7-20-14/h4-7,9,11,13H,3,8,10H2,1-2H3,(H,21,24)(H,22,23). The summed E-state index contributed by atoms with van der Waals surface area (Å²) in [4.78, 5) is 31.3. The van der Waals surface area contributed by atoms with Crippen molar-refractivity contribution >= 4 is 11.9 Å². The van der Waals surface area contributed by atoms with Gasteiger partial charge in [0.05, 0.1) is 32.4 Å². The van der Waals surface area contributed by atoms with Crippen molar-refractivity contribution in [3.05, 3.63) is 48.0 Å². The maximum atomic E-state index is 12.3. The number of methoxy groups -OCH3 is 1. The Morgan fingerprint density at radius 3 is 2.69 bits per heavy atom. The monoisotopic (exact) mass is 359 g/mol. The Labute approximate surface area is 151 Å². The maximum absolute atomic E-state index is 12.3. The van der Waals surface area contributed by atoms with Crippen molar-refractivity contribution < 1.29 is 24.2 Å². The highest BCUT2D eigenvalue weighted by molar-refractivity contribution is 5.92. The molecule has 0 saturated carbocycles. The van der Waals surface area contributed by atoms with Crippen molar-refractivity contribution in [2.75, 3.05) is 13.7 Å². The first kappa shape index (κ1) is 19.2. The molecule has 0 spiro atoms. The molecule has 26 heavy (non-hydrogen) atoms. The summed E-state index contributed by atoms with van der Waals surface area (Å²) in [5, 5.41) is 11.9. The van der Waals surface area contributed by atoms with Crippen molar-refractivity contribution in [2.24, 2.45) is 0 Å². The highest BCUT2D eigenvalue weighted by Gasteiger charge is 2.21. The molecule has 0 saturated heterocycles. The Morgan fingerprint density at radius 1 is 1.27 bits per heavy atom. The van der Waals surface area contributed by atoms with E-state index in [1.54, 1.807) is 18.2 Å². The molecule has 0 fully saturated rings. The van der Waals surface area contributed by atoms with Gasteiger partial charge in [0.25, 0.3) is 5.91 Å². The molecule has 1 aromatic heterocycles. The van der Waals surface area contributed by atoms with E-state index >= 15 is 0 Å². The van der Waals surface area contributed by atoms with Crippen molar-refractivity contribution in [1.82, 2.24) is 15.3 Å². The number of aromatic nitrogens is 2. The van der Waals surface area contributed by atoms with Gasteiger partial charge in [-0.1, -0.05) is 13.0 Å². The Balaban J connectivity index is 2.25. The zero-order chi connectivity index (χ0) is 18.9. The molecule has 1 heterocycles. The van der Waals surface area contributed by atoms with Crippen molar-refractivity contribution in [3.63, 3.8) is 0 Å². The average Bonchev–Trinajstić information content (AvgIpc) is 2.66. The molecular formula is C18H21N3O5. The van der Waals surface area contributed by atoms with E-state index in [4.69, 9.17) is 9.47 Å². The molecule has 0 aliphatic carbocycles. The van der Waals surface area contributed by atoms with Gasteiger partial charge in [0.2, 0.25) is 0 Å². The molecule has 1 unspecified atom stereocenters. The second-order valence-corrected chi connectivity index (χ2v) is 5.47. The van der Waals surface area contributed by atoms with E-state index in [0.717, 1.165) is 6.42 Å². The fourth-order valence-electron chi connectivity index (χ4n) is 2.31. The van der Waals surface area contributed by atoms with Crippen LogP contribution >= 0.6 is 0 Å². The molecule has 2 rings (SSSR count). The van der Waals surface area contributed by atoms with Crippen LogP contribution < -0.4 is 14.8 Å². The number of nitrogens with one attached hydrogen (secondary N) is 1. The summed E-state index contributed by atoms with van der Waals surface area (Å²) in [6, 6.07) is 4.32. The number of hydrogen-bond acceptors (Lipinski definition) is 6. The fraction of sp³-hybridized carbons (Fsp3) is 0.333. The second-order valence-electron chi connectivity index (χ2n) is 5.47. The lowest BCUT2D eigenvalue weighted by molar-refractivity contribution is -0.137. The summed E-state index contributed by atoms with van der Waals surface area (Å²) in [5.41, 5.74) is 0.697. The first-order valence-corrected chi connectivity index (χ1v) is 8.14. The largest absolute Gasteiger partial charge is 0.493 e. The van der Waals surface area contributed by atoms with Gasteiger partial charge in [0.15, 0.2) is 11.5 Å². The molecule has 2 N–H and O–H groups in total. The van der Waals surface area contributed by atoms with Crippen LogP contribution in [0.2, 0.25) is 0 Å². The number of carboxylic acids is 1. The molecule has 0 aliphatic heterocycles. The van der Waals surface area contributed by atoms with E-state index in [1.807, 2.05) is 6.92 Å². The van der Waals surface area contributed by atoms with Crippen LogP contribution in [0.4, 0.5) is 0 Å². The number of amides is 1. The van der Waals surface area contributed by atoms with Gasteiger partial charge in [-0.3, -0.25) is 14.6 Å². The van der Waals surface area contributed by atoms with Gasteiger partial charge in [0, 0.05) is 12.4 Å². The summed E-state index contributed by atoms with van der Waals surface area (Å²) in [7, 11) is 1.50. The van der Waals surface area contributed by atoms with Crippen molar-refractivity contribution in [2.45, 2.75) is 25.8 Å². The normalized spacial score (nSPS) is 11.5. The van der Waals surface area contributed by atoms with Gasteiger partial charge in [-0.05, 0) is 24.1 Å². The van der Waals surface area contributed by atoms with Crippen molar-refractivity contribution in [1.29, 1.82) is 0 Å². The predicted octanol–water partition coefficient (Wildman–Crippen LogP) is 2.22. The van der Waals surface area contributed by atoms with Crippen LogP contribution in [0.3, 0.4) is 0 Å². The topological polar surface area (TPSA) is 111 Å². The third kappa shape index (κ3) is 5.17. The number of benzene rings is 1. The average molecular weight is 359 g/mol. The maximum Gasteiger partial charge on any atom is 0.305 e. The lowest BCUT2D eigenvalue weighted by Gasteiger charge is -2.19. The van der Waals surface area contributed by atoms with Gasteiger partial charge in [0.1, 0.15) is 5.69 Å². The van der Waals surface area contributed by atoms with Crippen molar-refractivity contribution in [3.8, 4) is 11.5 Å². The Bertz CT molecular complexity index is 752. The number of aliphatic carboxylic acids is 1. The predicted molar refractivity (Wildman–Crippen MR) is 93.3 cm³/mol. The summed E-state index contributed by atoms with van der Waals surface area (Å²) < 4.78 is 10.9. The quantitative estimate of drug-likeness (QED) is 0.706. The van der Waals surface area contributed by atoms with Crippen LogP contribution in [0.1, 0.15) is 41.9 Å². The summed E-state index contributed by atoms with van der Waals surface area (Å²) in [6.07, 6.45) is 4.72. The molecule has 8 heteroatoms. The Hall–Kier alpha value is -3.16. The first-order valence-electron chi connectivity index (χ1n) is 8.14. The van der Waals surface area contributed by atoms with Crippen LogP contribution in [0, 0.1) is 0 Å². The highest BCUT2D eigenvalue weighted by atomic mass is 16.5. The van der Waals surface area contributed by atoms with Gasteiger partial charge in [-0.25, -0.2) is 4.98 Å². The highest BCUT2D eigenvalue weighted by Crippen LogP contribution is 2.31. The first-order chi connectivity index (χ1) is 12.5. The minimum atomic E-state index is -1.04. The van der Waals surface area contributed by atoms with Crippen LogP contribution in [-0.2, 0) is 4.79 Å². The van der Waals surface area contributed by atoms with E-state index in [-0.39, 0.29) is 12.1 Å². The van der Waals surface area contributed by atoms with Gasteiger partial charge in [-0.15, -0.1) is 0 Å². The van der Waals surface area contributed by atoms with E-state index < -0.39 is 17.9 Å². The Morgan fingerprint density at radius 2 is 2.08 bits per heavy atom. The third-order valence-electron chi connectivity index (χ3n) is 3.53. The van der Waals surface area contributed by atoms with E-state index in [1.165, 1.54) is 25.7 Å². The third-order valence-corrected chi connectivity index (χ3v) is 3.53. The number of nitrogens with zero attached hydrogens (tertiary/aromatic N) is 2. The fourth-order valence-corrected chi connectivity index (χ4v) is 2.31. The molecular weight excluding hydrogens is 338 g/mol. The second kappa shape index (κ2) is 9.36. The minimum Gasteiger partial charge on any atom is -0.493 e. The number of carbonyl (C=O) groups excluding carboxylic acids is 1. The number of rotatable bonds is 9. The Kier molecular flexibility index (Phi) is 6.90. The lowest BCUT2D eigenvalue weighted by Crippen LogP contribution is -2.30. The molecule has 0 aliphatic rings. The SMILES string of the molecule is CCCOc1ccc(C(CC(=O)O)NC(=O)c2cnccn2)cc1OC. The molecule has 0 bridgehead atoms. The smallest absolute Gasteiger partial charge is 0.305 e. The van der Waals surface area contributed by atoms with E-state index in [9.17, 15) is 14.7 Å². The van der Waals surface area contributed by atoms with Gasteiger partial charge in [-0.2, -0.15) is 0 Å². The number of carbonyl (C=O) groups is 2. The van der Waals surface area contributed by atoms with Crippen LogP contribution in [0.25, 0.3) is 0 Å². The molecule has 1 amide bonds. The molecule has 1 aromatic carbocycles. The minimum absolute atomic E-state index is 0.109. The molecule has 8 nitrogen and oxygen atoms in total. The van der Waals surface area contributed by atoms with Crippen LogP contribution in [-0.4, -0.2) is 40.7 Å². The van der Waals surface area contributed by atoms with E-state index in [0.29, 0.717) is 23.7 Å². The summed E-state index contributed by atoms with van der Waals surface area (Å²) in [5.74, 6) is -0.512. The number of hydrogen-bond donors (Lipinski definition) is 2. The van der Waals surface area contributed by atoms with Gasteiger partial charge < -0.3 is 19.9 Å². The number of ether oxygens (including phenoxy) is 2. The zero-order valence-corrected chi connectivity index (χ0v) is 14.6. The summed E-state index contributed by atoms with van der Waals surface area (Å²) >= 11 is 0. The molecule has 0 radical (unpaired) electrons. The number of carboxylic acid groups (broad SMARTS) is 1. The molecule has 2 aromatic rings. The zero-order valence-electron chi connectivity index (χ0n) is 14.6. The molecule has 138 valence electrons. The van der Waals surface area contributed by atoms with Gasteiger partial charge >= 0.3 is 5.97 Å². The van der Waals surface area contributed by atoms with E-state index in [2.05, 4.69) is 15.3 Å². The van der Waals surface area contributed by atoms with Crippen LogP contribution in [0.5, 0.6) is 11.5 Å². The van der Waals surface area contributed by atoms with Crippen LogP contribution in [0.15, 0.2) is 36.8 Å². The lowest BCUT2D eigenvalue weighted by atomic mass is 10.0. The summed E-state index contributed by atoms with van der Waals surface area (Å²) in [6.45, 7) is 2.53. The molecule has 1 atom stereocenters.